The quantitative estimate of drug-likeness (QED) is 0.670. The monoisotopic (exact) mass is 312 g/mol. The summed E-state index contributed by atoms with van der Waals surface area (Å²) in [4.78, 5) is 24.2. The number of methoxy groups -OCH3 is 1. The van der Waals surface area contributed by atoms with Crippen LogP contribution in [-0.2, 0) is 9.59 Å². The second-order valence-electron chi connectivity index (χ2n) is 5.07. The highest BCUT2D eigenvalue weighted by Crippen LogP contribution is 2.30. The molecule has 0 radical (unpaired) electrons. The molecule has 0 saturated carbocycles. The Morgan fingerprint density at radius 2 is 1.96 bits per heavy atom. The largest absolute Gasteiger partial charge is 0.495 e. The van der Waals surface area contributed by atoms with E-state index in [1.807, 2.05) is 12.1 Å². The lowest BCUT2D eigenvalue weighted by Gasteiger charge is -2.25. The van der Waals surface area contributed by atoms with Gasteiger partial charge >= 0.3 is 5.97 Å². The summed E-state index contributed by atoms with van der Waals surface area (Å²) in [6.45, 7) is 0. The number of hydrogen-bond acceptors (Lipinski definition) is 5. The highest BCUT2D eigenvalue weighted by Gasteiger charge is 2.29. The van der Waals surface area contributed by atoms with Crippen LogP contribution in [0.15, 0.2) is 48.5 Å². The summed E-state index contributed by atoms with van der Waals surface area (Å²) < 4.78 is 10.4. The average Bonchev–Trinajstić information content (AvgIpc) is 2.56. The number of benzene rings is 2. The van der Waals surface area contributed by atoms with E-state index in [0.29, 0.717) is 22.9 Å². The summed E-state index contributed by atoms with van der Waals surface area (Å²) in [5.41, 5.74) is 1.26. The number of anilines is 2. The number of esters is 1. The van der Waals surface area contributed by atoms with Crippen LogP contribution in [0.2, 0.25) is 0 Å². The fourth-order valence-electron chi connectivity index (χ4n) is 2.37. The molecule has 3 rings (SSSR count). The second-order valence-corrected chi connectivity index (χ2v) is 5.07. The third-order valence-electron chi connectivity index (χ3n) is 3.48. The lowest BCUT2D eigenvalue weighted by molar-refractivity contribution is -0.137. The second kappa shape index (κ2) is 6.39. The van der Waals surface area contributed by atoms with E-state index in [1.54, 1.807) is 36.4 Å². The van der Waals surface area contributed by atoms with Crippen LogP contribution in [0.1, 0.15) is 6.42 Å². The maximum Gasteiger partial charge on any atom is 0.334 e. The summed E-state index contributed by atoms with van der Waals surface area (Å²) in [5.74, 6) is 0.256. The molecule has 0 bridgehead atoms. The van der Waals surface area contributed by atoms with Crippen LogP contribution in [0.5, 0.6) is 11.5 Å². The molecule has 6 nitrogen and oxygen atoms in total. The van der Waals surface area contributed by atoms with Gasteiger partial charge in [-0.2, -0.15) is 0 Å². The van der Waals surface area contributed by atoms with Gasteiger partial charge in [0.25, 0.3) is 0 Å². The normalized spacial score (nSPS) is 15.9. The number of rotatable bonds is 4. The number of carbonyl (C=O) groups excluding carboxylic acids is 2. The molecular weight excluding hydrogens is 296 g/mol. The summed E-state index contributed by atoms with van der Waals surface area (Å²) >= 11 is 0. The van der Waals surface area contributed by atoms with E-state index in [-0.39, 0.29) is 12.3 Å². The predicted molar refractivity (Wildman–Crippen MR) is 85.7 cm³/mol. The van der Waals surface area contributed by atoms with Gasteiger partial charge in [0.2, 0.25) is 5.91 Å². The van der Waals surface area contributed by atoms with E-state index in [2.05, 4.69) is 10.6 Å². The van der Waals surface area contributed by atoms with Crippen molar-refractivity contribution in [2.75, 3.05) is 17.7 Å². The SMILES string of the molecule is COc1ccccc1NC(=O)C[C@@H]1Nc2ccccc2OC1=O. The van der Waals surface area contributed by atoms with E-state index in [4.69, 9.17) is 9.47 Å². The Kier molecular flexibility index (Phi) is 4.14. The summed E-state index contributed by atoms with van der Waals surface area (Å²) in [7, 11) is 1.53. The number of carbonyl (C=O) groups is 2. The van der Waals surface area contributed by atoms with Crippen LogP contribution in [0, 0.1) is 0 Å². The van der Waals surface area contributed by atoms with Gasteiger partial charge in [-0.3, -0.25) is 4.79 Å². The van der Waals surface area contributed by atoms with Crippen LogP contribution in [-0.4, -0.2) is 25.0 Å². The van der Waals surface area contributed by atoms with Gasteiger partial charge in [0.15, 0.2) is 5.75 Å². The molecule has 0 unspecified atom stereocenters. The standard InChI is InChI=1S/C17H16N2O4/c1-22-14-8-4-2-6-11(14)19-16(20)10-13-17(21)23-15-9-5-3-7-12(15)18-13/h2-9,13,18H,10H2,1H3,(H,19,20)/t13-/m0/s1. The predicted octanol–water partition coefficient (Wildman–Crippen LogP) is 2.42. The van der Waals surface area contributed by atoms with Gasteiger partial charge in [-0.05, 0) is 24.3 Å². The Balaban J connectivity index is 1.68. The molecule has 118 valence electrons. The fourth-order valence-corrected chi connectivity index (χ4v) is 2.37. The summed E-state index contributed by atoms with van der Waals surface area (Å²) in [6.07, 6.45) is -0.0365. The lowest BCUT2D eigenvalue weighted by Crippen LogP contribution is -2.39. The number of amides is 1. The molecule has 1 heterocycles. The first-order valence-electron chi connectivity index (χ1n) is 7.17. The first kappa shape index (κ1) is 14.9. The molecule has 1 aliphatic rings. The summed E-state index contributed by atoms with van der Waals surface area (Å²) in [6, 6.07) is 13.5. The van der Waals surface area contributed by atoms with Crippen molar-refractivity contribution in [3.05, 3.63) is 48.5 Å². The van der Waals surface area contributed by atoms with Crippen LogP contribution < -0.4 is 20.1 Å². The molecule has 2 aromatic rings. The smallest absolute Gasteiger partial charge is 0.334 e. The third kappa shape index (κ3) is 3.26. The maximum atomic E-state index is 12.2. The zero-order valence-electron chi connectivity index (χ0n) is 12.5. The fraction of sp³-hybridized carbons (Fsp3) is 0.176. The van der Waals surface area contributed by atoms with E-state index in [1.165, 1.54) is 7.11 Å². The molecular formula is C17H16N2O4. The van der Waals surface area contributed by atoms with Crippen LogP contribution in [0.4, 0.5) is 11.4 Å². The molecule has 23 heavy (non-hydrogen) atoms. The minimum absolute atomic E-state index is 0.0365. The average molecular weight is 312 g/mol. The van der Waals surface area contributed by atoms with Crippen LogP contribution in [0.3, 0.4) is 0 Å². The van der Waals surface area contributed by atoms with Gasteiger partial charge in [-0.25, -0.2) is 4.79 Å². The van der Waals surface area contributed by atoms with E-state index < -0.39 is 12.0 Å². The number of nitrogens with one attached hydrogen (secondary N) is 2. The number of fused-ring (bicyclic) bond motifs is 1. The molecule has 0 aliphatic carbocycles. The van der Waals surface area contributed by atoms with E-state index >= 15 is 0 Å². The molecule has 2 N–H and O–H groups in total. The molecule has 1 amide bonds. The van der Waals surface area contributed by atoms with Crippen LogP contribution >= 0.6 is 0 Å². The van der Waals surface area contributed by atoms with E-state index in [9.17, 15) is 9.59 Å². The van der Waals surface area contributed by atoms with Gasteiger partial charge in [0.1, 0.15) is 11.8 Å². The van der Waals surface area contributed by atoms with Gasteiger partial charge in [0, 0.05) is 0 Å². The summed E-state index contributed by atoms with van der Waals surface area (Å²) in [5, 5.41) is 5.77. The topological polar surface area (TPSA) is 76.7 Å². The van der Waals surface area contributed by atoms with Gasteiger partial charge in [0.05, 0.1) is 24.9 Å². The maximum absolute atomic E-state index is 12.2. The molecule has 1 aliphatic heterocycles. The van der Waals surface area contributed by atoms with Crippen molar-refractivity contribution in [1.82, 2.24) is 0 Å². The Bertz CT molecular complexity index is 745. The van der Waals surface area contributed by atoms with Gasteiger partial charge < -0.3 is 20.1 Å². The Morgan fingerprint density at radius 1 is 1.22 bits per heavy atom. The molecule has 2 aromatic carbocycles. The zero-order valence-corrected chi connectivity index (χ0v) is 12.5. The molecule has 1 atom stereocenters. The zero-order chi connectivity index (χ0) is 16.2. The first-order chi connectivity index (χ1) is 11.2. The van der Waals surface area contributed by atoms with Gasteiger partial charge in [-0.1, -0.05) is 24.3 Å². The third-order valence-corrected chi connectivity index (χ3v) is 3.48. The van der Waals surface area contributed by atoms with Crippen molar-refractivity contribution in [3.8, 4) is 11.5 Å². The first-order valence-corrected chi connectivity index (χ1v) is 7.17. The highest BCUT2D eigenvalue weighted by atomic mass is 16.5. The van der Waals surface area contributed by atoms with Crippen molar-refractivity contribution < 1.29 is 19.1 Å². The van der Waals surface area contributed by atoms with Crippen molar-refractivity contribution in [3.63, 3.8) is 0 Å². The Morgan fingerprint density at radius 3 is 2.78 bits per heavy atom. The Hall–Kier alpha value is -3.02. The molecule has 0 saturated heterocycles. The lowest BCUT2D eigenvalue weighted by atomic mass is 10.1. The molecule has 0 aromatic heterocycles. The number of ether oxygens (including phenoxy) is 2. The highest BCUT2D eigenvalue weighted by molar-refractivity contribution is 5.97. The molecule has 0 spiro atoms. The van der Waals surface area contributed by atoms with Crippen molar-refractivity contribution >= 4 is 23.3 Å². The minimum Gasteiger partial charge on any atom is -0.495 e. The van der Waals surface area contributed by atoms with Crippen molar-refractivity contribution in [2.24, 2.45) is 0 Å². The Labute approximate surface area is 133 Å². The van der Waals surface area contributed by atoms with Gasteiger partial charge in [-0.15, -0.1) is 0 Å². The van der Waals surface area contributed by atoms with Crippen molar-refractivity contribution in [1.29, 1.82) is 0 Å². The van der Waals surface area contributed by atoms with Crippen molar-refractivity contribution in [2.45, 2.75) is 12.5 Å². The van der Waals surface area contributed by atoms with E-state index in [0.717, 1.165) is 0 Å². The number of para-hydroxylation sites is 4. The minimum atomic E-state index is -0.723. The van der Waals surface area contributed by atoms with Crippen LogP contribution in [0.25, 0.3) is 0 Å². The number of hydrogen-bond donors (Lipinski definition) is 2. The molecule has 0 fully saturated rings. The molecule has 6 heteroatoms.